The molecule has 0 aliphatic heterocycles. The molecule has 0 atom stereocenters. The number of nitrogens with one attached hydrogen (secondary N) is 1. The maximum absolute atomic E-state index is 11.2. The van der Waals surface area contributed by atoms with E-state index in [0.29, 0.717) is 10.6 Å². The van der Waals surface area contributed by atoms with Crippen LogP contribution in [0.25, 0.3) is 6.08 Å². The Morgan fingerprint density at radius 2 is 2.12 bits per heavy atom. The van der Waals surface area contributed by atoms with Crippen LogP contribution in [0.3, 0.4) is 0 Å². The molecule has 1 rings (SSSR count). The first kappa shape index (κ1) is 13.2. The second kappa shape index (κ2) is 6.67. The van der Waals surface area contributed by atoms with E-state index in [4.69, 9.17) is 17.3 Å². The average molecular weight is 255 g/mol. The smallest absolute Gasteiger partial charge is 0.267 e. The van der Waals surface area contributed by atoms with Gasteiger partial charge in [0.15, 0.2) is 6.61 Å². The molecule has 0 aromatic heterocycles. The van der Waals surface area contributed by atoms with E-state index in [1.54, 1.807) is 24.3 Å². The normalized spacial score (nSPS) is 10.4. The van der Waals surface area contributed by atoms with Crippen molar-refractivity contribution in [2.45, 2.75) is 0 Å². The van der Waals surface area contributed by atoms with Crippen LogP contribution >= 0.6 is 11.6 Å². The summed E-state index contributed by atoms with van der Waals surface area (Å²) in [6.45, 7) is -0.369. The van der Waals surface area contributed by atoms with Crippen LogP contribution in [0, 0.1) is 0 Å². The first-order chi connectivity index (χ1) is 8.09. The van der Waals surface area contributed by atoms with E-state index in [2.05, 4.69) is 4.84 Å². The SMILES string of the molecule is NC(=O)CONC(=O)/C=C/c1ccccc1Cl. The minimum absolute atomic E-state index is 0.369. The minimum Gasteiger partial charge on any atom is -0.368 e. The molecule has 0 saturated heterocycles. The van der Waals surface area contributed by atoms with Crippen LogP contribution in [0.2, 0.25) is 5.02 Å². The Morgan fingerprint density at radius 1 is 1.41 bits per heavy atom. The molecule has 0 fully saturated rings. The van der Waals surface area contributed by atoms with E-state index in [0.717, 1.165) is 0 Å². The van der Waals surface area contributed by atoms with E-state index in [9.17, 15) is 9.59 Å². The Bertz CT molecular complexity index is 446. The van der Waals surface area contributed by atoms with Crippen molar-refractivity contribution in [3.8, 4) is 0 Å². The molecule has 6 heteroatoms. The summed E-state index contributed by atoms with van der Waals surface area (Å²) < 4.78 is 0. The topological polar surface area (TPSA) is 81.4 Å². The lowest BCUT2D eigenvalue weighted by molar-refractivity contribution is -0.134. The van der Waals surface area contributed by atoms with Crippen LogP contribution in [0.15, 0.2) is 30.3 Å². The third-order valence-electron chi connectivity index (χ3n) is 1.71. The average Bonchev–Trinajstić information content (AvgIpc) is 2.27. The third-order valence-corrected chi connectivity index (χ3v) is 2.05. The number of nitrogens with two attached hydrogens (primary N) is 1. The lowest BCUT2D eigenvalue weighted by atomic mass is 10.2. The number of benzene rings is 1. The molecule has 0 saturated carbocycles. The highest BCUT2D eigenvalue weighted by Crippen LogP contribution is 2.15. The number of carbonyl (C=O) groups is 2. The summed E-state index contributed by atoms with van der Waals surface area (Å²) in [4.78, 5) is 26.0. The number of primary amides is 1. The Hall–Kier alpha value is -1.85. The molecule has 0 aliphatic carbocycles. The molecule has 0 aliphatic rings. The standard InChI is InChI=1S/C11H11ClN2O3/c12-9-4-2-1-3-8(9)5-6-11(16)14-17-7-10(13)15/h1-6H,7H2,(H2,13,15)(H,14,16)/b6-5+. The number of rotatable bonds is 5. The molecule has 1 aromatic carbocycles. The molecule has 0 radical (unpaired) electrons. The highest BCUT2D eigenvalue weighted by molar-refractivity contribution is 6.32. The van der Waals surface area contributed by atoms with Crippen molar-refractivity contribution in [1.29, 1.82) is 0 Å². The van der Waals surface area contributed by atoms with Gasteiger partial charge in [0, 0.05) is 11.1 Å². The summed E-state index contributed by atoms with van der Waals surface area (Å²) in [7, 11) is 0. The van der Waals surface area contributed by atoms with E-state index >= 15 is 0 Å². The van der Waals surface area contributed by atoms with Crippen LogP contribution in [0.1, 0.15) is 5.56 Å². The summed E-state index contributed by atoms with van der Waals surface area (Å²) in [5.74, 6) is -1.17. The van der Waals surface area contributed by atoms with Gasteiger partial charge in [-0.05, 0) is 17.7 Å². The van der Waals surface area contributed by atoms with Crippen LogP contribution in [0.4, 0.5) is 0 Å². The lowest BCUT2D eigenvalue weighted by Gasteiger charge is -2.00. The van der Waals surface area contributed by atoms with Crippen molar-refractivity contribution in [1.82, 2.24) is 5.48 Å². The van der Waals surface area contributed by atoms with E-state index < -0.39 is 11.8 Å². The van der Waals surface area contributed by atoms with Gasteiger partial charge >= 0.3 is 0 Å². The maximum Gasteiger partial charge on any atom is 0.267 e. The zero-order valence-electron chi connectivity index (χ0n) is 8.85. The van der Waals surface area contributed by atoms with Gasteiger partial charge in [-0.2, -0.15) is 0 Å². The zero-order chi connectivity index (χ0) is 12.7. The summed E-state index contributed by atoms with van der Waals surface area (Å²) in [6, 6.07) is 7.06. The summed E-state index contributed by atoms with van der Waals surface area (Å²) in [5.41, 5.74) is 7.55. The van der Waals surface area contributed by atoms with Gasteiger partial charge < -0.3 is 5.73 Å². The Morgan fingerprint density at radius 3 is 2.76 bits per heavy atom. The third kappa shape index (κ3) is 5.14. The van der Waals surface area contributed by atoms with Gasteiger partial charge in [-0.3, -0.25) is 14.4 Å². The van der Waals surface area contributed by atoms with Gasteiger partial charge in [0.05, 0.1) is 0 Å². The Balaban J connectivity index is 2.46. The monoisotopic (exact) mass is 254 g/mol. The fraction of sp³-hybridized carbons (Fsp3) is 0.0909. The largest absolute Gasteiger partial charge is 0.368 e. The predicted octanol–water partition coefficient (Wildman–Crippen LogP) is 0.886. The summed E-state index contributed by atoms with van der Waals surface area (Å²) in [5, 5.41) is 0.537. The summed E-state index contributed by atoms with van der Waals surface area (Å²) >= 11 is 5.88. The van der Waals surface area contributed by atoms with Crippen molar-refractivity contribution >= 4 is 29.5 Å². The Labute approximate surface area is 103 Å². The van der Waals surface area contributed by atoms with Crippen molar-refractivity contribution in [2.75, 3.05) is 6.61 Å². The Kier molecular flexibility index (Phi) is 5.19. The highest BCUT2D eigenvalue weighted by Gasteiger charge is 1.99. The number of halogens is 1. The van der Waals surface area contributed by atoms with Crippen LogP contribution in [-0.2, 0) is 14.4 Å². The van der Waals surface area contributed by atoms with Crippen molar-refractivity contribution in [3.63, 3.8) is 0 Å². The number of hydrogen-bond acceptors (Lipinski definition) is 3. The van der Waals surface area contributed by atoms with Gasteiger partial charge in [-0.25, -0.2) is 5.48 Å². The molecule has 2 amide bonds. The predicted molar refractivity (Wildman–Crippen MR) is 63.8 cm³/mol. The lowest BCUT2D eigenvalue weighted by Crippen LogP contribution is -2.28. The molecule has 0 unspecified atom stereocenters. The molecule has 3 N–H and O–H groups in total. The first-order valence-corrected chi connectivity index (χ1v) is 5.10. The second-order valence-electron chi connectivity index (χ2n) is 3.08. The number of carbonyl (C=O) groups excluding carboxylic acids is 2. The fourth-order valence-corrected chi connectivity index (χ4v) is 1.19. The molecule has 17 heavy (non-hydrogen) atoms. The second-order valence-corrected chi connectivity index (χ2v) is 3.48. The fourth-order valence-electron chi connectivity index (χ4n) is 0.988. The quantitative estimate of drug-likeness (QED) is 0.605. The van der Waals surface area contributed by atoms with Gasteiger partial charge in [0.25, 0.3) is 5.91 Å². The van der Waals surface area contributed by atoms with Crippen LogP contribution in [-0.4, -0.2) is 18.4 Å². The molecule has 0 spiro atoms. The van der Waals surface area contributed by atoms with Crippen LogP contribution in [0.5, 0.6) is 0 Å². The molecule has 90 valence electrons. The number of hydrogen-bond donors (Lipinski definition) is 2. The van der Waals surface area contributed by atoms with E-state index in [-0.39, 0.29) is 6.61 Å². The molecule has 1 aromatic rings. The zero-order valence-corrected chi connectivity index (χ0v) is 9.61. The molecule has 0 heterocycles. The highest BCUT2D eigenvalue weighted by atomic mass is 35.5. The van der Waals surface area contributed by atoms with Gasteiger partial charge in [0.2, 0.25) is 5.91 Å². The van der Waals surface area contributed by atoms with Gasteiger partial charge in [-0.15, -0.1) is 0 Å². The number of hydroxylamine groups is 1. The van der Waals surface area contributed by atoms with Gasteiger partial charge in [0.1, 0.15) is 0 Å². The van der Waals surface area contributed by atoms with Crippen molar-refractivity contribution in [2.24, 2.45) is 5.73 Å². The summed E-state index contributed by atoms with van der Waals surface area (Å²) in [6.07, 6.45) is 2.77. The maximum atomic E-state index is 11.2. The molecular weight excluding hydrogens is 244 g/mol. The van der Waals surface area contributed by atoms with Gasteiger partial charge in [-0.1, -0.05) is 29.8 Å². The van der Waals surface area contributed by atoms with Crippen molar-refractivity contribution in [3.05, 3.63) is 40.9 Å². The molecule has 0 bridgehead atoms. The minimum atomic E-state index is -0.666. The van der Waals surface area contributed by atoms with Crippen LogP contribution < -0.4 is 11.2 Å². The van der Waals surface area contributed by atoms with Crippen molar-refractivity contribution < 1.29 is 14.4 Å². The number of amides is 2. The van der Waals surface area contributed by atoms with E-state index in [1.807, 2.05) is 5.48 Å². The first-order valence-electron chi connectivity index (χ1n) is 4.72. The molecular formula is C11H11ClN2O3. The molecule has 5 nitrogen and oxygen atoms in total. The van der Waals surface area contributed by atoms with E-state index in [1.165, 1.54) is 12.2 Å².